The van der Waals surface area contributed by atoms with Crippen LogP contribution in [0.5, 0.6) is 0 Å². The van der Waals surface area contributed by atoms with Gasteiger partial charge in [0, 0.05) is 43.8 Å². The van der Waals surface area contributed by atoms with Crippen molar-refractivity contribution < 1.29 is 4.79 Å². The van der Waals surface area contributed by atoms with Crippen LogP contribution in [0.15, 0.2) is 58.0 Å². The molecule has 0 fully saturated rings. The van der Waals surface area contributed by atoms with Crippen molar-refractivity contribution in [3.63, 3.8) is 0 Å². The second-order valence-electron chi connectivity index (χ2n) is 6.25. The van der Waals surface area contributed by atoms with Gasteiger partial charge in [-0.1, -0.05) is 40.2 Å². The predicted octanol–water partition coefficient (Wildman–Crippen LogP) is 3.45. The Kier molecular flexibility index (Phi) is 8.33. The number of carbonyl (C=O) groups is 1. The van der Waals surface area contributed by atoms with Gasteiger partial charge in [-0.15, -0.1) is 0 Å². The lowest BCUT2D eigenvalue weighted by atomic mass is 10.1. The smallest absolute Gasteiger partial charge is 0.251 e. The summed E-state index contributed by atoms with van der Waals surface area (Å²) in [7, 11) is 3.68. The van der Waals surface area contributed by atoms with Gasteiger partial charge in [0.1, 0.15) is 0 Å². The first kappa shape index (κ1) is 21.0. The highest BCUT2D eigenvalue weighted by molar-refractivity contribution is 9.10. The summed E-state index contributed by atoms with van der Waals surface area (Å²) in [6.45, 7) is 4.32. The van der Waals surface area contributed by atoms with Gasteiger partial charge in [-0.3, -0.25) is 9.79 Å². The third kappa shape index (κ3) is 6.71. The van der Waals surface area contributed by atoms with Crippen molar-refractivity contribution in [3.05, 3.63) is 69.7 Å². The molecule has 0 bridgehead atoms. The van der Waals surface area contributed by atoms with E-state index in [-0.39, 0.29) is 5.91 Å². The number of amides is 1. The van der Waals surface area contributed by atoms with E-state index in [2.05, 4.69) is 50.5 Å². The highest BCUT2D eigenvalue weighted by Crippen LogP contribution is 2.12. The summed E-state index contributed by atoms with van der Waals surface area (Å²) in [5.41, 5.74) is 3.01. The average molecular weight is 431 g/mol. The van der Waals surface area contributed by atoms with E-state index < -0.39 is 0 Å². The van der Waals surface area contributed by atoms with Crippen LogP contribution in [0.3, 0.4) is 0 Å². The molecule has 0 aliphatic heterocycles. The molecule has 2 N–H and O–H groups in total. The standard InChI is InChI=1S/C21H27BrN4O/c1-4-24-21(26(3)15-17-8-10-19(22)11-9-17)25-13-12-16-6-5-7-18(14-16)20(27)23-2/h5-11,14H,4,12-13,15H2,1-3H3,(H,23,27)(H,24,25). The molecule has 0 saturated carbocycles. The Morgan fingerprint density at radius 3 is 2.56 bits per heavy atom. The Labute approximate surface area is 170 Å². The largest absolute Gasteiger partial charge is 0.357 e. The van der Waals surface area contributed by atoms with Crippen molar-refractivity contribution in [3.8, 4) is 0 Å². The zero-order valence-corrected chi connectivity index (χ0v) is 17.7. The van der Waals surface area contributed by atoms with Crippen molar-refractivity contribution in [2.45, 2.75) is 19.9 Å². The Hall–Kier alpha value is -2.34. The van der Waals surface area contributed by atoms with E-state index in [0.29, 0.717) is 12.1 Å². The molecule has 0 aliphatic rings. The van der Waals surface area contributed by atoms with Crippen LogP contribution in [-0.2, 0) is 13.0 Å². The summed E-state index contributed by atoms with van der Waals surface area (Å²) in [5, 5.41) is 6.00. The SMILES string of the molecule is CCNC(=NCCc1cccc(C(=O)NC)c1)N(C)Cc1ccc(Br)cc1. The van der Waals surface area contributed by atoms with Gasteiger partial charge < -0.3 is 15.5 Å². The van der Waals surface area contributed by atoms with Gasteiger partial charge >= 0.3 is 0 Å². The molecule has 0 atom stereocenters. The highest BCUT2D eigenvalue weighted by Gasteiger charge is 2.07. The summed E-state index contributed by atoms with van der Waals surface area (Å²) in [6.07, 6.45) is 0.784. The lowest BCUT2D eigenvalue weighted by Gasteiger charge is -2.22. The topological polar surface area (TPSA) is 56.7 Å². The van der Waals surface area contributed by atoms with Crippen LogP contribution in [0.4, 0.5) is 0 Å². The van der Waals surface area contributed by atoms with Crippen LogP contribution in [0.25, 0.3) is 0 Å². The maximum absolute atomic E-state index is 11.8. The molecule has 6 heteroatoms. The highest BCUT2D eigenvalue weighted by atomic mass is 79.9. The minimum atomic E-state index is -0.0667. The van der Waals surface area contributed by atoms with Crippen LogP contribution < -0.4 is 10.6 Å². The third-order valence-electron chi connectivity index (χ3n) is 4.11. The molecular formula is C21H27BrN4O. The second-order valence-corrected chi connectivity index (χ2v) is 7.16. The first-order chi connectivity index (χ1) is 13.0. The number of hydrogen-bond donors (Lipinski definition) is 2. The number of carbonyl (C=O) groups excluding carboxylic acids is 1. The minimum Gasteiger partial charge on any atom is -0.357 e. The molecular weight excluding hydrogens is 404 g/mol. The maximum atomic E-state index is 11.8. The van der Waals surface area contributed by atoms with Crippen molar-refractivity contribution in [2.75, 3.05) is 27.2 Å². The van der Waals surface area contributed by atoms with E-state index in [0.717, 1.165) is 35.5 Å². The van der Waals surface area contributed by atoms with Gasteiger partial charge in [-0.2, -0.15) is 0 Å². The Bertz CT molecular complexity index is 774. The number of guanidine groups is 1. The number of nitrogens with one attached hydrogen (secondary N) is 2. The molecule has 0 aliphatic carbocycles. The number of benzene rings is 2. The molecule has 0 saturated heterocycles. The van der Waals surface area contributed by atoms with E-state index in [1.165, 1.54) is 5.56 Å². The van der Waals surface area contributed by atoms with Gasteiger partial charge in [-0.25, -0.2) is 0 Å². The predicted molar refractivity (Wildman–Crippen MR) is 115 cm³/mol. The van der Waals surface area contributed by atoms with E-state index in [9.17, 15) is 4.79 Å². The minimum absolute atomic E-state index is 0.0667. The van der Waals surface area contributed by atoms with Crippen LogP contribution in [0.1, 0.15) is 28.4 Å². The number of nitrogens with zero attached hydrogens (tertiary/aromatic N) is 2. The second kappa shape index (κ2) is 10.7. The molecule has 0 heterocycles. The number of rotatable bonds is 7. The van der Waals surface area contributed by atoms with E-state index >= 15 is 0 Å². The fourth-order valence-electron chi connectivity index (χ4n) is 2.71. The summed E-state index contributed by atoms with van der Waals surface area (Å²) in [6, 6.07) is 16.0. The molecule has 0 radical (unpaired) electrons. The number of hydrogen-bond acceptors (Lipinski definition) is 2. The van der Waals surface area contributed by atoms with Gasteiger partial charge in [-0.05, 0) is 48.7 Å². The molecule has 0 unspecified atom stereocenters. The van der Waals surface area contributed by atoms with Gasteiger partial charge in [0.2, 0.25) is 0 Å². The quantitative estimate of drug-likeness (QED) is 0.522. The zero-order valence-electron chi connectivity index (χ0n) is 16.1. The molecule has 2 aromatic rings. The van der Waals surface area contributed by atoms with Crippen LogP contribution >= 0.6 is 15.9 Å². The molecule has 2 aromatic carbocycles. The first-order valence-electron chi connectivity index (χ1n) is 9.08. The van der Waals surface area contributed by atoms with E-state index in [1.807, 2.05) is 43.4 Å². The van der Waals surface area contributed by atoms with E-state index in [1.54, 1.807) is 7.05 Å². The molecule has 5 nitrogen and oxygen atoms in total. The fourth-order valence-corrected chi connectivity index (χ4v) is 2.98. The maximum Gasteiger partial charge on any atom is 0.251 e. The third-order valence-corrected chi connectivity index (χ3v) is 4.64. The zero-order chi connectivity index (χ0) is 19.6. The Morgan fingerprint density at radius 2 is 1.89 bits per heavy atom. The van der Waals surface area contributed by atoms with Crippen molar-refractivity contribution in [2.24, 2.45) is 4.99 Å². The summed E-state index contributed by atoms with van der Waals surface area (Å²) in [4.78, 5) is 18.6. The molecule has 1 amide bonds. The monoisotopic (exact) mass is 430 g/mol. The van der Waals surface area contributed by atoms with Crippen molar-refractivity contribution >= 4 is 27.8 Å². The summed E-state index contributed by atoms with van der Waals surface area (Å²) >= 11 is 3.47. The van der Waals surface area contributed by atoms with Crippen molar-refractivity contribution in [1.29, 1.82) is 0 Å². The summed E-state index contributed by atoms with van der Waals surface area (Å²) in [5.74, 6) is 0.811. The molecule has 144 valence electrons. The van der Waals surface area contributed by atoms with Crippen molar-refractivity contribution in [1.82, 2.24) is 15.5 Å². The average Bonchev–Trinajstić information content (AvgIpc) is 2.68. The summed E-state index contributed by atoms with van der Waals surface area (Å²) < 4.78 is 1.08. The normalized spacial score (nSPS) is 11.2. The van der Waals surface area contributed by atoms with Gasteiger partial charge in [0.15, 0.2) is 5.96 Å². The Morgan fingerprint density at radius 1 is 1.15 bits per heavy atom. The Balaban J connectivity index is 2.00. The van der Waals surface area contributed by atoms with Crippen LogP contribution in [0.2, 0.25) is 0 Å². The molecule has 0 spiro atoms. The number of aliphatic imine (C=N–C) groups is 1. The molecule has 0 aromatic heterocycles. The van der Waals surface area contributed by atoms with Gasteiger partial charge in [0.25, 0.3) is 5.91 Å². The lowest BCUT2D eigenvalue weighted by molar-refractivity contribution is 0.0963. The lowest BCUT2D eigenvalue weighted by Crippen LogP contribution is -2.38. The fraction of sp³-hybridized carbons (Fsp3) is 0.333. The molecule has 2 rings (SSSR count). The van der Waals surface area contributed by atoms with Crippen LogP contribution in [0, 0.1) is 0 Å². The van der Waals surface area contributed by atoms with Gasteiger partial charge in [0.05, 0.1) is 0 Å². The van der Waals surface area contributed by atoms with E-state index in [4.69, 9.17) is 4.99 Å². The van der Waals surface area contributed by atoms with Crippen LogP contribution in [-0.4, -0.2) is 44.0 Å². The number of halogens is 1. The molecule has 27 heavy (non-hydrogen) atoms. The first-order valence-corrected chi connectivity index (χ1v) is 9.87.